The smallest absolute Gasteiger partial charge is 0.462 e. The molecule has 19 heteroatoms. The van der Waals surface area contributed by atoms with Crippen molar-refractivity contribution in [3.63, 3.8) is 0 Å². The fourth-order valence-electron chi connectivity index (χ4n) is 13.3. The van der Waals surface area contributed by atoms with E-state index >= 15 is 0 Å². The Morgan fingerprint density at radius 2 is 0.385 bits per heavy atom. The predicted octanol–water partition coefficient (Wildman–Crippen LogP) is 26.1. The summed E-state index contributed by atoms with van der Waals surface area (Å²) < 4.78 is 68.8. The Balaban J connectivity index is 5.20. The normalized spacial score (nSPS) is 13.7. The van der Waals surface area contributed by atoms with Crippen LogP contribution in [0.4, 0.5) is 0 Å². The fraction of sp³-hybridized carbons (Fsp3) is 0.953. The van der Waals surface area contributed by atoms with Crippen molar-refractivity contribution in [1.82, 2.24) is 0 Å². The molecule has 0 aromatic carbocycles. The van der Waals surface area contributed by atoms with E-state index in [9.17, 15) is 43.2 Å². The summed E-state index contributed by atoms with van der Waals surface area (Å²) in [5, 5.41) is 10.7. The van der Waals surface area contributed by atoms with E-state index in [-0.39, 0.29) is 25.7 Å². The van der Waals surface area contributed by atoms with Crippen molar-refractivity contribution in [2.24, 2.45) is 0 Å². The molecular weight excluding hydrogens is 1350 g/mol. The van der Waals surface area contributed by atoms with Crippen LogP contribution in [0.1, 0.15) is 464 Å². The summed E-state index contributed by atoms with van der Waals surface area (Å²) in [5.74, 6) is -2.10. The van der Waals surface area contributed by atoms with Gasteiger partial charge in [-0.05, 0) is 25.7 Å². The van der Waals surface area contributed by atoms with Gasteiger partial charge in [-0.1, -0.05) is 413 Å². The fourth-order valence-corrected chi connectivity index (χ4v) is 14.9. The number of carbonyl (C=O) groups excluding carboxylic acids is 4. The number of phosphoric ester groups is 2. The molecule has 0 aromatic rings. The van der Waals surface area contributed by atoms with Gasteiger partial charge in [0.1, 0.15) is 19.3 Å². The number of esters is 4. The molecule has 0 aliphatic heterocycles. The molecule has 0 heterocycles. The maximum Gasteiger partial charge on any atom is 0.472 e. The quantitative estimate of drug-likeness (QED) is 0.0222. The maximum atomic E-state index is 13.1. The molecule has 0 bridgehead atoms. The molecular formula is C85H166O17P2. The van der Waals surface area contributed by atoms with Crippen LogP contribution >= 0.6 is 15.6 Å². The van der Waals surface area contributed by atoms with Crippen LogP contribution in [-0.2, 0) is 65.4 Å². The van der Waals surface area contributed by atoms with Gasteiger partial charge in [0.2, 0.25) is 0 Å². The zero-order chi connectivity index (χ0) is 76.0. The van der Waals surface area contributed by atoms with Crippen molar-refractivity contribution in [3.05, 3.63) is 0 Å². The topological polar surface area (TPSA) is 237 Å². The summed E-state index contributed by atoms with van der Waals surface area (Å²) in [4.78, 5) is 73.1. The van der Waals surface area contributed by atoms with Gasteiger partial charge in [-0.3, -0.25) is 37.3 Å². The first kappa shape index (κ1) is 102. The van der Waals surface area contributed by atoms with Crippen molar-refractivity contribution < 1.29 is 80.2 Å². The Hall–Kier alpha value is -1.94. The number of hydrogen-bond acceptors (Lipinski definition) is 15. The van der Waals surface area contributed by atoms with Crippen LogP contribution in [0.15, 0.2) is 0 Å². The SMILES string of the molecule is CCCCCCCCCCCCCCCCCCCCCCC(=O)O[C@H](COC(=O)CCCCCCCCCCCCCCCCCCCCC)COP(=O)(O)OC[C@@H](O)COP(=O)(O)OC[C@@H](COC(=O)CCCCCCCCCCC)OC(=O)CCCCCCCCCCCCCCCCCC. The summed E-state index contributed by atoms with van der Waals surface area (Å²) in [6.07, 6.45) is 73.6. The number of hydrogen-bond donors (Lipinski definition) is 3. The van der Waals surface area contributed by atoms with Gasteiger partial charge in [-0.15, -0.1) is 0 Å². The molecule has 17 nitrogen and oxygen atoms in total. The molecule has 618 valence electrons. The molecule has 0 aromatic heterocycles. The molecule has 0 aliphatic carbocycles. The lowest BCUT2D eigenvalue weighted by molar-refractivity contribution is -0.161. The first-order valence-electron chi connectivity index (χ1n) is 44.3. The number of unbranched alkanes of at least 4 members (excludes halogenated alkanes) is 60. The lowest BCUT2D eigenvalue weighted by atomic mass is 10.0. The van der Waals surface area contributed by atoms with Gasteiger partial charge in [-0.2, -0.15) is 0 Å². The van der Waals surface area contributed by atoms with Gasteiger partial charge in [0.15, 0.2) is 12.2 Å². The Morgan fingerprint density at radius 3 is 0.567 bits per heavy atom. The molecule has 0 rings (SSSR count). The van der Waals surface area contributed by atoms with E-state index in [0.717, 1.165) is 89.9 Å². The van der Waals surface area contributed by atoms with Gasteiger partial charge >= 0.3 is 39.5 Å². The number of phosphoric acid groups is 2. The third-order valence-corrected chi connectivity index (χ3v) is 22.0. The molecule has 0 amide bonds. The molecule has 0 spiro atoms. The molecule has 0 saturated carbocycles. The van der Waals surface area contributed by atoms with Crippen molar-refractivity contribution in [2.45, 2.75) is 483 Å². The van der Waals surface area contributed by atoms with Crippen LogP contribution < -0.4 is 0 Å². The van der Waals surface area contributed by atoms with E-state index in [1.807, 2.05) is 0 Å². The van der Waals surface area contributed by atoms with Crippen molar-refractivity contribution in [3.8, 4) is 0 Å². The number of aliphatic hydroxyl groups excluding tert-OH is 1. The van der Waals surface area contributed by atoms with Gasteiger partial charge in [0.05, 0.1) is 26.4 Å². The van der Waals surface area contributed by atoms with E-state index in [4.69, 9.17) is 37.0 Å². The molecule has 3 N–H and O–H groups in total. The summed E-state index contributed by atoms with van der Waals surface area (Å²) in [6.45, 7) is 5.04. The highest BCUT2D eigenvalue weighted by Crippen LogP contribution is 2.45. The average molecular weight is 1520 g/mol. The first-order valence-corrected chi connectivity index (χ1v) is 47.3. The molecule has 5 atom stereocenters. The van der Waals surface area contributed by atoms with E-state index < -0.39 is 97.5 Å². The Labute approximate surface area is 638 Å². The Kier molecular flexibility index (Phi) is 77.7. The second-order valence-electron chi connectivity index (χ2n) is 30.6. The Morgan fingerprint density at radius 1 is 0.231 bits per heavy atom. The lowest BCUT2D eigenvalue weighted by Crippen LogP contribution is -2.30. The minimum Gasteiger partial charge on any atom is -0.462 e. The number of carbonyl (C=O) groups is 4. The lowest BCUT2D eigenvalue weighted by Gasteiger charge is -2.21. The van der Waals surface area contributed by atoms with Crippen LogP contribution in [0, 0.1) is 0 Å². The maximum absolute atomic E-state index is 13.1. The highest BCUT2D eigenvalue weighted by molar-refractivity contribution is 7.47. The largest absolute Gasteiger partial charge is 0.472 e. The highest BCUT2D eigenvalue weighted by atomic mass is 31.2. The summed E-state index contributed by atoms with van der Waals surface area (Å²) in [5.41, 5.74) is 0. The highest BCUT2D eigenvalue weighted by Gasteiger charge is 2.30. The van der Waals surface area contributed by atoms with Crippen molar-refractivity contribution >= 4 is 39.5 Å². The summed E-state index contributed by atoms with van der Waals surface area (Å²) >= 11 is 0. The van der Waals surface area contributed by atoms with Crippen molar-refractivity contribution in [2.75, 3.05) is 39.6 Å². The number of rotatable bonds is 86. The second-order valence-corrected chi connectivity index (χ2v) is 33.5. The van der Waals surface area contributed by atoms with Gasteiger partial charge in [-0.25, -0.2) is 9.13 Å². The third-order valence-electron chi connectivity index (χ3n) is 20.1. The van der Waals surface area contributed by atoms with E-state index in [2.05, 4.69) is 27.7 Å². The number of ether oxygens (including phenoxy) is 4. The summed E-state index contributed by atoms with van der Waals surface area (Å²) in [7, 11) is -9.92. The molecule has 0 fully saturated rings. The predicted molar refractivity (Wildman–Crippen MR) is 428 cm³/mol. The third kappa shape index (κ3) is 78.2. The Bertz CT molecular complexity index is 1960. The number of aliphatic hydroxyl groups is 1. The van der Waals surface area contributed by atoms with Gasteiger partial charge < -0.3 is 33.8 Å². The van der Waals surface area contributed by atoms with Gasteiger partial charge in [0, 0.05) is 25.7 Å². The van der Waals surface area contributed by atoms with Crippen LogP contribution in [-0.4, -0.2) is 96.7 Å². The van der Waals surface area contributed by atoms with Gasteiger partial charge in [0.25, 0.3) is 0 Å². The molecule has 0 aliphatic rings. The van der Waals surface area contributed by atoms with Crippen LogP contribution in [0.25, 0.3) is 0 Å². The van der Waals surface area contributed by atoms with E-state index in [1.54, 1.807) is 0 Å². The summed E-state index contributed by atoms with van der Waals surface area (Å²) in [6, 6.07) is 0. The zero-order valence-electron chi connectivity index (χ0n) is 68.0. The molecule has 0 radical (unpaired) electrons. The van der Waals surface area contributed by atoms with E-state index in [1.165, 1.54) is 295 Å². The van der Waals surface area contributed by atoms with Crippen molar-refractivity contribution in [1.29, 1.82) is 0 Å². The molecule has 0 saturated heterocycles. The van der Waals surface area contributed by atoms with Crippen LogP contribution in [0.3, 0.4) is 0 Å². The monoisotopic (exact) mass is 1520 g/mol. The first-order chi connectivity index (χ1) is 50.7. The average Bonchev–Trinajstić information content (AvgIpc) is 0.907. The van der Waals surface area contributed by atoms with Crippen LogP contribution in [0.2, 0.25) is 0 Å². The minimum absolute atomic E-state index is 0.109. The van der Waals surface area contributed by atoms with Crippen LogP contribution in [0.5, 0.6) is 0 Å². The molecule has 104 heavy (non-hydrogen) atoms. The van der Waals surface area contributed by atoms with E-state index in [0.29, 0.717) is 25.7 Å². The second kappa shape index (κ2) is 79.2. The standard InChI is InChI=1S/C85H166O17P2/c1-5-9-13-17-21-25-28-31-34-37-39-41-43-46-49-52-56-60-64-68-72-85(90)102-81(76-96-83(88)70-66-62-58-54-50-47-45-42-40-38-35-32-29-26-22-18-14-10-6-2)78-100-104(93,94)98-74-79(86)73-97-103(91,92)99-77-80(75-95-82(87)69-65-61-57-53-24-20-16-12-8-4)101-84(89)71-67-63-59-55-51-48-44-36-33-30-27-23-19-15-11-7-3/h79-81,86H,5-78H2,1-4H3,(H,91,92)(H,93,94)/t79-,80+,81+/m0/s1. The minimum atomic E-state index is -4.96. The zero-order valence-corrected chi connectivity index (χ0v) is 69.8. The molecule has 2 unspecified atom stereocenters.